The van der Waals surface area contributed by atoms with Crippen molar-refractivity contribution in [2.75, 3.05) is 6.61 Å². The molecule has 0 fully saturated rings. The number of aryl methyl sites for hydroxylation is 2. The van der Waals surface area contributed by atoms with Gasteiger partial charge in [0.05, 0.1) is 6.61 Å². The van der Waals surface area contributed by atoms with Crippen molar-refractivity contribution in [1.29, 1.82) is 0 Å². The molecule has 0 amide bonds. The summed E-state index contributed by atoms with van der Waals surface area (Å²) in [5.74, 6) is 0.0679. The van der Waals surface area contributed by atoms with Crippen molar-refractivity contribution in [3.05, 3.63) is 65.7 Å². The van der Waals surface area contributed by atoms with Crippen molar-refractivity contribution in [3.63, 3.8) is 0 Å². The molecule has 2 rings (SSSR count). The first-order valence-electron chi connectivity index (χ1n) is 7.21. The predicted octanol–water partition coefficient (Wildman–Crippen LogP) is 3.50. The molecule has 21 heavy (non-hydrogen) atoms. The fourth-order valence-corrected chi connectivity index (χ4v) is 2.09. The number of hydrogen-bond acceptors (Lipinski definition) is 3. The quantitative estimate of drug-likeness (QED) is 0.625. The highest BCUT2D eigenvalue weighted by atomic mass is 16.5. The fourth-order valence-electron chi connectivity index (χ4n) is 2.09. The van der Waals surface area contributed by atoms with Gasteiger partial charge in [-0.15, -0.1) is 0 Å². The first-order valence-corrected chi connectivity index (χ1v) is 7.21. The van der Waals surface area contributed by atoms with Gasteiger partial charge in [0.1, 0.15) is 5.75 Å². The molecule has 2 aromatic carbocycles. The molecule has 0 heterocycles. The molecular formula is C18H20O3. The van der Waals surface area contributed by atoms with Crippen LogP contribution in [0.1, 0.15) is 24.0 Å². The Bertz CT molecular complexity index is 546. The Morgan fingerprint density at radius 2 is 1.57 bits per heavy atom. The number of aromatic hydroxyl groups is 1. The van der Waals surface area contributed by atoms with Crippen LogP contribution in [0.3, 0.4) is 0 Å². The van der Waals surface area contributed by atoms with Gasteiger partial charge in [-0.05, 0) is 42.5 Å². The van der Waals surface area contributed by atoms with Crippen LogP contribution in [0.15, 0.2) is 54.6 Å². The molecule has 0 spiro atoms. The minimum absolute atomic E-state index is 0.170. The summed E-state index contributed by atoms with van der Waals surface area (Å²) in [6, 6.07) is 17.1. The van der Waals surface area contributed by atoms with Crippen LogP contribution >= 0.6 is 0 Å². The highest BCUT2D eigenvalue weighted by Gasteiger charge is 2.04. The number of carbonyl (C=O) groups excluding carboxylic acids is 1. The van der Waals surface area contributed by atoms with Crippen LogP contribution in [-0.4, -0.2) is 17.7 Å². The van der Waals surface area contributed by atoms with Crippen LogP contribution in [0.4, 0.5) is 0 Å². The number of phenols is 1. The Kier molecular flexibility index (Phi) is 5.83. The third-order valence-electron chi connectivity index (χ3n) is 3.27. The van der Waals surface area contributed by atoms with E-state index in [1.807, 2.05) is 30.3 Å². The summed E-state index contributed by atoms with van der Waals surface area (Å²) in [4.78, 5) is 11.6. The van der Waals surface area contributed by atoms with E-state index >= 15 is 0 Å². The second kappa shape index (κ2) is 8.10. The molecular weight excluding hydrogens is 264 g/mol. The number of esters is 1. The zero-order chi connectivity index (χ0) is 14.9. The Morgan fingerprint density at radius 3 is 2.29 bits per heavy atom. The van der Waals surface area contributed by atoms with Crippen molar-refractivity contribution < 1.29 is 14.6 Å². The molecule has 0 atom stereocenters. The summed E-state index contributed by atoms with van der Waals surface area (Å²) in [5, 5.41) is 9.18. The summed E-state index contributed by atoms with van der Waals surface area (Å²) in [7, 11) is 0. The van der Waals surface area contributed by atoms with E-state index in [1.165, 1.54) is 5.56 Å². The smallest absolute Gasteiger partial charge is 0.306 e. The standard InChI is InChI=1S/C18H20O3/c19-17-11-8-16(9-12-17)10-13-18(20)21-14-4-7-15-5-2-1-3-6-15/h1-3,5-6,8-9,11-12,19H,4,7,10,13-14H2. The molecule has 0 bridgehead atoms. The zero-order valence-electron chi connectivity index (χ0n) is 12.0. The molecule has 0 saturated heterocycles. The summed E-state index contributed by atoms with van der Waals surface area (Å²) in [6.07, 6.45) is 2.77. The topological polar surface area (TPSA) is 46.5 Å². The van der Waals surface area contributed by atoms with Gasteiger partial charge in [0.15, 0.2) is 0 Å². The second-order valence-electron chi connectivity index (χ2n) is 4.98. The minimum atomic E-state index is -0.170. The maximum absolute atomic E-state index is 11.6. The average Bonchev–Trinajstić information content (AvgIpc) is 2.52. The number of ether oxygens (including phenoxy) is 1. The van der Waals surface area contributed by atoms with Gasteiger partial charge in [-0.1, -0.05) is 42.5 Å². The first kappa shape index (κ1) is 15.1. The fraction of sp³-hybridized carbons (Fsp3) is 0.278. The molecule has 0 aromatic heterocycles. The summed E-state index contributed by atoms with van der Waals surface area (Å²) >= 11 is 0. The van der Waals surface area contributed by atoms with Gasteiger partial charge in [0.25, 0.3) is 0 Å². The lowest BCUT2D eigenvalue weighted by Gasteiger charge is -2.05. The Balaban J connectivity index is 1.60. The number of phenolic OH excluding ortho intramolecular Hbond substituents is 1. The van der Waals surface area contributed by atoms with Crippen LogP contribution in [0.2, 0.25) is 0 Å². The molecule has 2 aromatic rings. The molecule has 0 radical (unpaired) electrons. The Hall–Kier alpha value is -2.29. The van der Waals surface area contributed by atoms with Gasteiger partial charge in [0, 0.05) is 6.42 Å². The first-order chi connectivity index (χ1) is 10.2. The third-order valence-corrected chi connectivity index (χ3v) is 3.27. The van der Waals surface area contributed by atoms with Gasteiger partial charge < -0.3 is 9.84 Å². The largest absolute Gasteiger partial charge is 0.508 e. The van der Waals surface area contributed by atoms with Gasteiger partial charge in [0.2, 0.25) is 0 Å². The maximum atomic E-state index is 11.6. The van der Waals surface area contributed by atoms with Crippen LogP contribution < -0.4 is 0 Å². The molecule has 0 unspecified atom stereocenters. The number of carbonyl (C=O) groups is 1. The normalized spacial score (nSPS) is 10.3. The second-order valence-corrected chi connectivity index (χ2v) is 4.98. The van der Waals surface area contributed by atoms with E-state index in [-0.39, 0.29) is 11.7 Å². The van der Waals surface area contributed by atoms with Crippen molar-refractivity contribution in [2.24, 2.45) is 0 Å². The van der Waals surface area contributed by atoms with Gasteiger partial charge in [-0.25, -0.2) is 0 Å². The zero-order valence-corrected chi connectivity index (χ0v) is 12.0. The molecule has 3 heteroatoms. The van der Waals surface area contributed by atoms with Crippen molar-refractivity contribution in [2.45, 2.75) is 25.7 Å². The van der Waals surface area contributed by atoms with E-state index in [9.17, 15) is 9.90 Å². The lowest BCUT2D eigenvalue weighted by Crippen LogP contribution is -2.07. The van der Waals surface area contributed by atoms with E-state index in [4.69, 9.17) is 4.74 Å². The third kappa shape index (κ3) is 5.69. The van der Waals surface area contributed by atoms with Gasteiger partial charge in [-0.2, -0.15) is 0 Å². The maximum Gasteiger partial charge on any atom is 0.306 e. The van der Waals surface area contributed by atoms with Crippen LogP contribution in [0, 0.1) is 0 Å². The molecule has 0 aliphatic heterocycles. The molecule has 0 aliphatic rings. The monoisotopic (exact) mass is 284 g/mol. The van der Waals surface area contributed by atoms with E-state index in [0.29, 0.717) is 19.4 Å². The lowest BCUT2D eigenvalue weighted by molar-refractivity contribution is -0.143. The van der Waals surface area contributed by atoms with Crippen molar-refractivity contribution >= 4 is 5.97 Å². The highest BCUT2D eigenvalue weighted by molar-refractivity contribution is 5.69. The molecule has 0 aliphatic carbocycles. The molecule has 0 saturated carbocycles. The number of hydrogen-bond donors (Lipinski definition) is 1. The Labute approximate surface area is 125 Å². The molecule has 1 N–H and O–H groups in total. The molecule has 3 nitrogen and oxygen atoms in total. The van der Waals surface area contributed by atoms with Crippen molar-refractivity contribution in [3.8, 4) is 5.75 Å². The van der Waals surface area contributed by atoms with Crippen molar-refractivity contribution in [1.82, 2.24) is 0 Å². The summed E-state index contributed by atoms with van der Waals surface area (Å²) < 4.78 is 5.22. The highest BCUT2D eigenvalue weighted by Crippen LogP contribution is 2.11. The van der Waals surface area contributed by atoms with Crippen LogP contribution in [-0.2, 0) is 22.4 Å². The van der Waals surface area contributed by atoms with Crippen LogP contribution in [0.5, 0.6) is 5.75 Å². The van der Waals surface area contributed by atoms with E-state index < -0.39 is 0 Å². The number of benzene rings is 2. The van der Waals surface area contributed by atoms with Gasteiger partial charge in [-0.3, -0.25) is 4.79 Å². The van der Waals surface area contributed by atoms with Crippen LogP contribution in [0.25, 0.3) is 0 Å². The SMILES string of the molecule is O=C(CCc1ccc(O)cc1)OCCCc1ccccc1. The van der Waals surface area contributed by atoms with E-state index in [2.05, 4.69) is 12.1 Å². The lowest BCUT2D eigenvalue weighted by atomic mass is 10.1. The molecule has 110 valence electrons. The summed E-state index contributed by atoms with van der Waals surface area (Å²) in [6.45, 7) is 0.462. The van der Waals surface area contributed by atoms with E-state index in [0.717, 1.165) is 18.4 Å². The average molecular weight is 284 g/mol. The number of rotatable bonds is 7. The summed E-state index contributed by atoms with van der Waals surface area (Å²) in [5.41, 5.74) is 2.28. The van der Waals surface area contributed by atoms with E-state index in [1.54, 1.807) is 12.1 Å². The predicted molar refractivity (Wildman–Crippen MR) is 82.1 cm³/mol. The Morgan fingerprint density at radius 1 is 0.905 bits per heavy atom. The minimum Gasteiger partial charge on any atom is -0.508 e. The van der Waals surface area contributed by atoms with Gasteiger partial charge >= 0.3 is 5.97 Å².